The highest BCUT2D eigenvalue weighted by Gasteiger charge is 2.31. The topological polar surface area (TPSA) is 157 Å². The number of ether oxygens (including phenoxy) is 1. The average Bonchev–Trinajstić information content (AvgIpc) is 3.15. The van der Waals surface area contributed by atoms with E-state index in [2.05, 4.69) is 5.32 Å². The standard InChI is InChI=1S/C16H21NO8S/c18-5-11(19)13(21)14(22)12(20)6-25-9-3-1-2-8(4-9)15-17-10(7-26-15)16(23)24/h1-5,10-15,17,19-22H,6-7H2,(H,23,24)/t10?,11-,12+,13+,14+,15?/m0/s1. The fourth-order valence-corrected chi connectivity index (χ4v) is 3.59. The quantitative estimate of drug-likeness (QED) is 0.275. The van der Waals surface area contributed by atoms with Crippen molar-refractivity contribution in [3.63, 3.8) is 0 Å². The second-order valence-corrected chi connectivity index (χ2v) is 6.97. The number of aliphatic hydroxyl groups is 4. The Hall–Kier alpha value is -1.69. The van der Waals surface area contributed by atoms with Crippen LogP contribution in [0.3, 0.4) is 0 Å². The van der Waals surface area contributed by atoms with Gasteiger partial charge in [-0.3, -0.25) is 10.1 Å². The van der Waals surface area contributed by atoms with Crippen molar-refractivity contribution in [3.05, 3.63) is 29.8 Å². The first-order valence-corrected chi connectivity index (χ1v) is 8.89. The minimum Gasteiger partial charge on any atom is -0.491 e. The lowest BCUT2D eigenvalue weighted by molar-refractivity contribution is -0.138. The van der Waals surface area contributed by atoms with Gasteiger partial charge in [0.05, 0.1) is 5.37 Å². The predicted octanol–water partition coefficient (Wildman–Crippen LogP) is -1.50. The number of aliphatic hydroxyl groups excluding tert-OH is 4. The van der Waals surface area contributed by atoms with Crippen LogP contribution in [0.1, 0.15) is 10.9 Å². The minimum atomic E-state index is -1.83. The summed E-state index contributed by atoms with van der Waals surface area (Å²) in [6.45, 7) is -0.379. The lowest BCUT2D eigenvalue weighted by atomic mass is 10.0. The molecule has 1 fully saturated rings. The van der Waals surface area contributed by atoms with Gasteiger partial charge in [-0.1, -0.05) is 12.1 Å². The van der Waals surface area contributed by atoms with Crippen LogP contribution in [0.25, 0.3) is 0 Å². The summed E-state index contributed by atoms with van der Waals surface area (Å²) in [7, 11) is 0. The molecule has 1 aliphatic heterocycles. The highest BCUT2D eigenvalue weighted by molar-refractivity contribution is 7.99. The predicted molar refractivity (Wildman–Crippen MR) is 91.8 cm³/mol. The van der Waals surface area contributed by atoms with Gasteiger partial charge in [0.15, 0.2) is 6.29 Å². The molecule has 0 spiro atoms. The number of aliphatic carboxylic acids is 1. The smallest absolute Gasteiger partial charge is 0.321 e. The lowest BCUT2D eigenvalue weighted by Gasteiger charge is -2.24. The van der Waals surface area contributed by atoms with Crippen molar-refractivity contribution >= 4 is 24.0 Å². The van der Waals surface area contributed by atoms with Gasteiger partial charge in [-0.25, -0.2) is 0 Å². The van der Waals surface area contributed by atoms with Crippen molar-refractivity contribution in [2.45, 2.75) is 35.8 Å². The zero-order valence-corrected chi connectivity index (χ0v) is 14.5. The first-order chi connectivity index (χ1) is 12.3. The normalized spacial score (nSPS) is 24.5. The van der Waals surface area contributed by atoms with Gasteiger partial charge in [-0.2, -0.15) is 0 Å². The van der Waals surface area contributed by atoms with Gasteiger partial charge < -0.3 is 35.1 Å². The number of carboxylic acid groups (broad SMARTS) is 1. The monoisotopic (exact) mass is 387 g/mol. The van der Waals surface area contributed by atoms with Gasteiger partial charge in [-0.15, -0.1) is 11.8 Å². The zero-order valence-electron chi connectivity index (χ0n) is 13.6. The summed E-state index contributed by atoms with van der Waals surface area (Å²) in [4.78, 5) is 21.4. The first kappa shape index (κ1) is 20.6. The molecule has 0 aromatic heterocycles. The molecule has 1 aromatic rings. The third kappa shape index (κ3) is 5.16. The summed E-state index contributed by atoms with van der Waals surface area (Å²) in [6, 6.07) is 6.17. The number of carbonyl (C=O) groups excluding carboxylic acids is 1. The van der Waals surface area contributed by atoms with Crippen LogP contribution in [-0.4, -0.2) is 80.6 Å². The molecule has 1 aromatic carbocycles. The number of nitrogens with one attached hydrogen (secondary N) is 1. The molecule has 1 heterocycles. The van der Waals surface area contributed by atoms with E-state index >= 15 is 0 Å². The van der Waals surface area contributed by atoms with Crippen molar-refractivity contribution < 1.29 is 39.9 Å². The van der Waals surface area contributed by atoms with E-state index in [9.17, 15) is 24.9 Å². The number of carboxylic acids is 1. The molecule has 1 aliphatic rings. The van der Waals surface area contributed by atoms with Crippen LogP contribution in [0.15, 0.2) is 24.3 Å². The highest BCUT2D eigenvalue weighted by Crippen LogP contribution is 2.34. The molecule has 1 saturated heterocycles. The van der Waals surface area contributed by atoms with Crippen LogP contribution in [-0.2, 0) is 9.59 Å². The average molecular weight is 387 g/mol. The molecule has 6 atom stereocenters. The van der Waals surface area contributed by atoms with E-state index in [0.29, 0.717) is 11.5 Å². The fraction of sp³-hybridized carbons (Fsp3) is 0.500. The highest BCUT2D eigenvalue weighted by atomic mass is 32.2. The van der Waals surface area contributed by atoms with Gasteiger partial charge in [0.1, 0.15) is 42.8 Å². The maximum Gasteiger partial charge on any atom is 0.321 e. The molecule has 2 rings (SSSR count). The Morgan fingerprint density at radius 3 is 2.65 bits per heavy atom. The van der Waals surface area contributed by atoms with Gasteiger partial charge in [0, 0.05) is 5.75 Å². The molecule has 144 valence electrons. The Balaban J connectivity index is 1.92. The number of benzene rings is 1. The van der Waals surface area contributed by atoms with E-state index in [0.717, 1.165) is 5.56 Å². The molecule has 26 heavy (non-hydrogen) atoms. The van der Waals surface area contributed by atoms with Gasteiger partial charge in [-0.05, 0) is 17.7 Å². The number of rotatable bonds is 9. The summed E-state index contributed by atoms with van der Waals surface area (Å²) in [5.41, 5.74) is 0.794. The Kier molecular flexibility index (Phi) is 7.38. The Bertz CT molecular complexity index is 630. The number of aldehydes is 1. The SMILES string of the molecule is O=C[C@H](O)[C@@H](O)[C@H](O)[C@H](O)COc1cccc(C2NC(C(=O)O)CS2)c1. The van der Waals surface area contributed by atoms with Gasteiger partial charge in [0.2, 0.25) is 0 Å². The number of hydrogen-bond donors (Lipinski definition) is 6. The molecule has 9 nitrogen and oxygen atoms in total. The van der Waals surface area contributed by atoms with E-state index in [4.69, 9.17) is 14.9 Å². The van der Waals surface area contributed by atoms with Crippen molar-refractivity contribution in [2.75, 3.05) is 12.4 Å². The van der Waals surface area contributed by atoms with Crippen LogP contribution in [0.4, 0.5) is 0 Å². The van der Waals surface area contributed by atoms with Crippen molar-refractivity contribution in [1.29, 1.82) is 0 Å². The zero-order chi connectivity index (χ0) is 19.3. The molecule has 0 bridgehead atoms. The van der Waals surface area contributed by atoms with Crippen LogP contribution >= 0.6 is 11.8 Å². The minimum absolute atomic E-state index is 0.0571. The molecule has 10 heteroatoms. The fourth-order valence-electron chi connectivity index (χ4n) is 2.36. The van der Waals surface area contributed by atoms with E-state index in [1.54, 1.807) is 24.3 Å². The van der Waals surface area contributed by atoms with Crippen LogP contribution in [0.5, 0.6) is 5.75 Å². The Morgan fingerprint density at radius 2 is 2.04 bits per heavy atom. The molecule has 0 saturated carbocycles. The van der Waals surface area contributed by atoms with Gasteiger partial charge >= 0.3 is 5.97 Å². The molecule has 0 radical (unpaired) electrons. The van der Waals surface area contributed by atoms with E-state index in [1.165, 1.54) is 11.8 Å². The Labute approximate surface area is 153 Å². The maximum atomic E-state index is 11.0. The van der Waals surface area contributed by atoms with Crippen molar-refractivity contribution in [2.24, 2.45) is 0 Å². The van der Waals surface area contributed by atoms with E-state index in [-0.39, 0.29) is 18.3 Å². The van der Waals surface area contributed by atoms with E-state index < -0.39 is 36.4 Å². The number of carbonyl (C=O) groups is 2. The first-order valence-electron chi connectivity index (χ1n) is 7.84. The molecular weight excluding hydrogens is 366 g/mol. The summed E-state index contributed by atoms with van der Waals surface area (Å²) in [6.07, 6.45) is -6.87. The largest absolute Gasteiger partial charge is 0.491 e. The molecule has 6 N–H and O–H groups in total. The number of thioether (sulfide) groups is 1. The summed E-state index contributed by atoms with van der Waals surface area (Å²) in [5, 5.41) is 50.0. The Morgan fingerprint density at radius 1 is 1.31 bits per heavy atom. The van der Waals surface area contributed by atoms with Crippen molar-refractivity contribution in [1.82, 2.24) is 5.32 Å². The molecule has 0 amide bonds. The summed E-state index contributed by atoms with van der Waals surface area (Å²) >= 11 is 1.45. The third-order valence-corrected chi connectivity index (χ3v) is 5.16. The second-order valence-electron chi connectivity index (χ2n) is 5.83. The molecule has 0 aliphatic carbocycles. The molecule has 2 unspecified atom stereocenters. The van der Waals surface area contributed by atoms with E-state index in [1.807, 2.05) is 0 Å². The third-order valence-electron chi connectivity index (χ3n) is 3.90. The molecular formula is C16H21NO8S. The summed E-state index contributed by atoms with van der Waals surface area (Å²) in [5.74, 6) is -0.103. The van der Waals surface area contributed by atoms with Gasteiger partial charge in [0.25, 0.3) is 0 Å². The maximum absolute atomic E-state index is 11.0. The number of hydrogen-bond acceptors (Lipinski definition) is 9. The van der Waals surface area contributed by atoms with Crippen LogP contribution in [0.2, 0.25) is 0 Å². The summed E-state index contributed by atoms with van der Waals surface area (Å²) < 4.78 is 5.38. The second kappa shape index (κ2) is 9.31. The van der Waals surface area contributed by atoms with Crippen LogP contribution in [0, 0.1) is 0 Å². The van der Waals surface area contributed by atoms with Crippen molar-refractivity contribution in [3.8, 4) is 5.75 Å². The van der Waals surface area contributed by atoms with Crippen LogP contribution < -0.4 is 10.1 Å². The lowest BCUT2D eigenvalue weighted by Crippen LogP contribution is -2.47.